The van der Waals surface area contributed by atoms with Gasteiger partial charge in [-0.1, -0.05) is 30.3 Å². The number of amides is 1. The van der Waals surface area contributed by atoms with E-state index >= 15 is 0 Å². The van der Waals surface area contributed by atoms with E-state index in [2.05, 4.69) is 51.6 Å². The van der Waals surface area contributed by atoms with Gasteiger partial charge in [0.2, 0.25) is 6.79 Å². The van der Waals surface area contributed by atoms with Gasteiger partial charge in [-0.15, -0.1) is 0 Å². The Balaban J connectivity index is 1.44. The maximum Gasteiger partial charge on any atom is 0.251 e. The molecule has 2 heterocycles. The summed E-state index contributed by atoms with van der Waals surface area (Å²) >= 11 is 0. The van der Waals surface area contributed by atoms with Gasteiger partial charge in [0, 0.05) is 54.9 Å². The van der Waals surface area contributed by atoms with E-state index in [-0.39, 0.29) is 18.6 Å². The highest BCUT2D eigenvalue weighted by atomic mass is 16.7. The number of hydrogen-bond donors (Lipinski definition) is 2. The second-order valence-corrected chi connectivity index (χ2v) is 8.11. The molecule has 1 aromatic heterocycles. The SMILES string of the molecule is CN(C)c1ccc([C@@H](CNC(=O)c2ccc3c(c2)OCO3)c2c[nH]c3ccccc23)cc1. The Hall–Kier alpha value is -3.93. The van der Waals surface area contributed by atoms with Crippen LogP contribution < -0.4 is 19.7 Å². The van der Waals surface area contributed by atoms with Gasteiger partial charge in [0.05, 0.1) is 0 Å². The van der Waals surface area contributed by atoms with Crippen LogP contribution in [0.5, 0.6) is 11.5 Å². The minimum Gasteiger partial charge on any atom is -0.454 e. The molecule has 0 bridgehead atoms. The van der Waals surface area contributed by atoms with Crippen molar-refractivity contribution in [1.29, 1.82) is 0 Å². The van der Waals surface area contributed by atoms with Crippen molar-refractivity contribution in [1.82, 2.24) is 10.3 Å². The fourth-order valence-electron chi connectivity index (χ4n) is 4.13. The Bertz CT molecular complexity index is 1260. The van der Waals surface area contributed by atoms with E-state index in [9.17, 15) is 4.79 Å². The number of H-pyrrole nitrogens is 1. The van der Waals surface area contributed by atoms with Crippen molar-refractivity contribution in [3.8, 4) is 11.5 Å². The number of aromatic nitrogens is 1. The summed E-state index contributed by atoms with van der Waals surface area (Å²) in [5, 5.41) is 4.28. The Kier molecular flexibility index (Phi) is 5.19. The molecule has 0 fully saturated rings. The molecule has 1 amide bonds. The van der Waals surface area contributed by atoms with Gasteiger partial charge in [0.15, 0.2) is 11.5 Å². The van der Waals surface area contributed by atoms with E-state index in [1.165, 1.54) is 0 Å². The third-order valence-corrected chi connectivity index (χ3v) is 5.91. The average molecular weight is 428 g/mol. The number of nitrogens with one attached hydrogen (secondary N) is 2. The summed E-state index contributed by atoms with van der Waals surface area (Å²) in [7, 11) is 4.05. The van der Waals surface area contributed by atoms with Crippen molar-refractivity contribution in [3.63, 3.8) is 0 Å². The lowest BCUT2D eigenvalue weighted by atomic mass is 9.90. The largest absolute Gasteiger partial charge is 0.454 e. The number of para-hydroxylation sites is 1. The lowest BCUT2D eigenvalue weighted by Crippen LogP contribution is -2.28. The quantitative estimate of drug-likeness (QED) is 0.475. The molecule has 32 heavy (non-hydrogen) atoms. The zero-order chi connectivity index (χ0) is 22.1. The summed E-state index contributed by atoms with van der Waals surface area (Å²) in [4.78, 5) is 18.4. The molecule has 0 saturated carbocycles. The number of rotatable bonds is 6. The highest BCUT2D eigenvalue weighted by Crippen LogP contribution is 2.33. The molecule has 6 heteroatoms. The zero-order valence-corrected chi connectivity index (χ0v) is 18.1. The fraction of sp³-hybridized carbons (Fsp3) is 0.192. The maximum atomic E-state index is 12.9. The minimum absolute atomic E-state index is 0.000299. The third-order valence-electron chi connectivity index (χ3n) is 5.91. The molecule has 6 nitrogen and oxygen atoms in total. The first kappa shape index (κ1) is 20.0. The van der Waals surface area contributed by atoms with Crippen molar-refractivity contribution in [2.24, 2.45) is 0 Å². The third kappa shape index (κ3) is 3.75. The van der Waals surface area contributed by atoms with Crippen LogP contribution in [0.2, 0.25) is 0 Å². The smallest absolute Gasteiger partial charge is 0.251 e. The Morgan fingerprint density at radius 1 is 1.03 bits per heavy atom. The highest BCUT2D eigenvalue weighted by Gasteiger charge is 2.21. The molecule has 0 radical (unpaired) electrons. The van der Waals surface area contributed by atoms with Gasteiger partial charge in [-0.25, -0.2) is 0 Å². The Morgan fingerprint density at radius 3 is 2.62 bits per heavy atom. The summed E-state index contributed by atoms with van der Waals surface area (Å²) in [6.07, 6.45) is 2.04. The van der Waals surface area contributed by atoms with E-state index in [0.717, 1.165) is 27.7 Å². The van der Waals surface area contributed by atoms with Gasteiger partial charge in [-0.2, -0.15) is 0 Å². The van der Waals surface area contributed by atoms with Gasteiger partial charge in [-0.3, -0.25) is 4.79 Å². The van der Waals surface area contributed by atoms with Crippen LogP contribution in [-0.4, -0.2) is 38.3 Å². The van der Waals surface area contributed by atoms with Gasteiger partial charge in [0.1, 0.15) is 0 Å². The predicted molar refractivity (Wildman–Crippen MR) is 126 cm³/mol. The van der Waals surface area contributed by atoms with Gasteiger partial charge < -0.3 is 24.7 Å². The number of hydrogen-bond acceptors (Lipinski definition) is 4. The van der Waals surface area contributed by atoms with Crippen LogP contribution >= 0.6 is 0 Å². The molecule has 0 unspecified atom stereocenters. The van der Waals surface area contributed by atoms with Crippen molar-refractivity contribution < 1.29 is 14.3 Å². The topological polar surface area (TPSA) is 66.6 Å². The first-order valence-electron chi connectivity index (χ1n) is 10.6. The van der Waals surface area contributed by atoms with Crippen LogP contribution in [0.25, 0.3) is 10.9 Å². The number of benzene rings is 3. The first-order chi connectivity index (χ1) is 15.6. The van der Waals surface area contributed by atoms with Gasteiger partial charge >= 0.3 is 0 Å². The highest BCUT2D eigenvalue weighted by molar-refractivity contribution is 5.95. The lowest BCUT2D eigenvalue weighted by Gasteiger charge is -2.20. The van der Waals surface area contributed by atoms with Crippen LogP contribution in [0.1, 0.15) is 27.4 Å². The number of aromatic amines is 1. The molecule has 0 saturated heterocycles. The monoisotopic (exact) mass is 427 g/mol. The summed E-state index contributed by atoms with van der Waals surface area (Å²) < 4.78 is 10.8. The molecule has 0 aliphatic carbocycles. The van der Waals surface area contributed by atoms with E-state index in [0.29, 0.717) is 23.6 Å². The first-order valence-corrected chi connectivity index (χ1v) is 10.6. The standard InChI is InChI=1S/C26H25N3O3/c1-29(2)19-10-7-17(8-11-19)21(22-15-27-23-6-4-3-5-20(22)23)14-28-26(30)18-9-12-24-25(13-18)32-16-31-24/h3-13,15,21,27H,14,16H2,1-2H3,(H,28,30)/t21-/m1/s1. The number of carbonyl (C=O) groups is 1. The fourth-order valence-corrected chi connectivity index (χ4v) is 4.13. The number of carbonyl (C=O) groups excluding carboxylic acids is 1. The molecule has 162 valence electrons. The molecule has 0 spiro atoms. The van der Waals surface area contributed by atoms with Gasteiger partial charge in [-0.05, 0) is 47.5 Å². The maximum absolute atomic E-state index is 12.9. The summed E-state index contributed by atoms with van der Waals surface area (Å²) in [5.74, 6) is 1.13. The molecule has 2 N–H and O–H groups in total. The summed E-state index contributed by atoms with van der Waals surface area (Å²) in [5.41, 5.74) is 5.07. The van der Waals surface area contributed by atoms with E-state index in [4.69, 9.17) is 9.47 Å². The average Bonchev–Trinajstić information content (AvgIpc) is 3.46. The predicted octanol–water partition coefficient (Wildman–Crippen LogP) is 4.52. The molecular weight excluding hydrogens is 402 g/mol. The second kappa shape index (κ2) is 8.30. The molecule has 5 rings (SSSR count). The van der Waals surface area contributed by atoms with E-state index < -0.39 is 0 Å². The van der Waals surface area contributed by atoms with Crippen molar-refractivity contribution in [2.75, 3.05) is 32.3 Å². The van der Waals surface area contributed by atoms with E-state index in [1.807, 2.05) is 32.4 Å². The summed E-state index contributed by atoms with van der Waals surface area (Å²) in [6.45, 7) is 0.655. The van der Waals surface area contributed by atoms with Crippen LogP contribution in [0.15, 0.2) is 72.9 Å². The molecule has 1 aliphatic heterocycles. The molecule has 1 aliphatic rings. The number of anilines is 1. The number of ether oxygens (including phenoxy) is 2. The molecule has 4 aromatic rings. The van der Waals surface area contributed by atoms with Crippen LogP contribution in [-0.2, 0) is 0 Å². The Morgan fingerprint density at radius 2 is 1.81 bits per heavy atom. The molecule has 3 aromatic carbocycles. The van der Waals surface area contributed by atoms with Crippen LogP contribution in [0.4, 0.5) is 5.69 Å². The zero-order valence-electron chi connectivity index (χ0n) is 18.1. The summed E-state index contributed by atoms with van der Waals surface area (Å²) in [6, 6.07) is 22.0. The second-order valence-electron chi connectivity index (χ2n) is 8.11. The Labute approximate surface area is 186 Å². The van der Waals surface area contributed by atoms with Crippen molar-refractivity contribution in [2.45, 2.75) is 5.92 Å². The lowest BCUT2D eigenvalue weighted by molar-refractivity contribution is 0.0952. The van der Waals surface area contributed by atoms with Crippen molar-refractivity contribution in [3.05, 3.63) is 89.6 Å². The molecule has 1 atom stereocenters. The van der Waals surface area contributed by atoms with Gasteiger partial charge in [0.25, 0.3) is 5.91 Å². The minimum atomic E-state index is -0.141. The van der Waals surface area contributed by atoms with E-state index in [1.54, 1.807) is 18.2 Å². The van der Waals surface area contributed by atoms with Crippen molar-refractivity contribution >= 4 is 22.5 Å². The van der Waals surface area contributed by atoms with Crippen LogP contribution in [0, 0.1) is 0 Å². The molecular formula is C26H25N3O3. The number of fused-ring (bicyclic) bond motifs is 2. The number of nitrogens with zero attached hydrogens (tertiary/aromatic N) is 1. The van der Waals surface area contributed by atoms with Crippen LogP contribution in [0.3, 0.4) is 0 Å². The normalized spacial score (nSPS) is 13.2.